The lowest BCUT2D eigenvalue weighted by molar-refractivity contribution is -0.123. The maximum atomic E-state index is 12.1. The molecule has 2 N–H and O–H groups in total. The van der Waals surface area contributed by atoms with Crippen molar-refractivity contribution < 1.29 is 19.1 Å². The van der Waals surface area contributed by atoms with E-state index in [2.05, 4.69) is 15.8 Å². The maximum Gasteiger partial charge on any atom is 0.272 e. The first-order chi connectivity index (χ1) is 14.5. The fourth-order valence-electron chi connectivity index (χ4n) is 2.78. The molecule has 2 aromatic carbocycles. The van der Waals surface area contributed by atoms with E-state index in [1.165, 1.54) is 18.3 Å². The number of hydrogen-bond donors (Lipinski definition) is 2. The van der Waals surface area contributed by atoms with Crippen LogP contribution in [0.25, 0.3) is 0 Å². The van der Waals surface area contributed by atoms with E-state index in [1.807, 2.05) is 0 Å². The number of hydrogen-bond acceptors (Lipinski definition) is 5. The van der Waals surface area contributed by atoms with Gasteiger partial charge in [0.1, 0.15) is 5.75 Å². The van der Waals surface area contributed by atoms with E-state index in [4.69, 9.17) is 32.7 Å². The predicted octanol–water partition coefficient (Wildman–Crippen LogP) is 3.43. The second kappa shape index (κ2) is 11.0. The van der Waals surface area contributed by atoms with E-state index in [9.17, 15) is 9.59 Å². The molecule has 0 radical (unpaired) electrons. The summed E-state index contributed by atoms with van der Waals surface area (Å²) in [5.41, 5.74) is 3.43. The van der Waals surface area contributed by atoms with E-state index in [1.54, 1.807) is 30.3 Å². The predicted molar refractivity (Wildman–Crippen MR) is 115 cm³/mol. The Morgan fingerprint density at radius 1 is 1.20 bits per heavy atom. The van der Waals surface area contributed by atoms with Gasteiger partial charge in [0.25, 0.3) is 11.8 Å². The Morgan fingerprint density at radius 2 is 2.00 bits per heavy atom. The summed E-state index contributed by atoms with van der Waals surface area (Å²) in [5.74, 6) is -0.0852. The van der Waals surface area contributed by atoms with Crippen molar-refractivity contribution in [1.29, 1.82) is 0 Å². The summed E-state index contributed by atoms with van der Waals surface area (Å²) in [6, 6.07) is 11.5. The lowest BCUT2D eigenvalue weighted by Crippen LogP contribution is -2.35. The van der Waals surface area contributed by atoms with Gasteiger partial charge in [-0.25, -0.2) is 5.43 Å². The molecular formula is C21H21Cl2N3O4. The first-order valence-corrected chi connectivity index (χ1v) is 10.2. The van der Waals surface area contributed by atoms with E-state index in [-0.39, 0.29) is 29.2 Å². The topological polar surface area (TPSA) is 89.0 Å². The molecule has 0 spiro atoms. The van der Waals surface area contributed by atoms with Gasteiger partial charge in [0.15, 0.2) is 6.61 Å². The quantitative estimate of drug-likeness (QED) is 0.477. The highest BCUT2D eigenvalue weighted by atomic mass is 35.5. The van der Waals surface area contributed by atoms with Crippen LogP contribution in [-0.4, -0.2) is 43.9 Å². The highest BCUT2D eigenvalue weighted by Crippen LogP contribution is 2.20. The molecule has 0 saturated carbocycles. The lowest BCUT2D eigenvalue weighted by Gasteiger charge is -2.11. The summed E-state index contributed by atoms with van der Waals surface area (Å²) in [6.07, 6.45) is 3.59. The first kappa shape index (κ1) is 22.1. The van der Waals surface area contributed by atoms with Gasteiger partial charge in [-0.3, -0.25) is 9.59 Å². The standard InChI is InChI=1S/C21H21Cl2N3O4/c22-15-5-8-18(19(23)10-15)21(28)26-25-11-14-3-6-16(7-4-14)30-13-20(27)24-12-17-2-1-9-29-17/h3-8,10-11,17H,1-2,9,12-13H2,(H,24,27)(H,26,28)/b25-11+/t17-/m1/s1. The van der Waals surface area contributed by atoms with Crippen LogP contribution in [0.5, 0.6) is 5.75 Å². The van der Waals surface area contributed by atoms with Gasteiger partial charge in [-0.05, 0) is 60.9 Å². The number of nitrogens with one attached hydrogen (secondary N) is 2. The molecule has 0 bridgehead atoms. The average molecular weight is 450 g/mol. The highest BCUT2D eigenvalue weighted by molar-refractivity contribution is 6.36. The Morgan fingerprint density at radius 3 is 2.70 bits per heavy atom. The lowest BCUT2D eigenvalue weighted by atomic mass is 10.2. The van der Waals surface area contributed by atoms with Gasteiger partial charge < -0.3 is 14.8 Å². The van der Waals surface area contributed by atoms with Gasteiger partial charge >= 0.3 is 0 Å². The van der Waals surface area contributed by atoms with E-state index in [0.29, 0.717) is 17.3 Å². The molecule has 2 aromatic rings. The van der Waals surface area contributed by atoms with Crippen LogP contribution in [0.15, 0.2) is 47.6 Å². The number of carbonyl (C=O) groups is 2. The van der Waals surface area contributed by atoms with Gasteiger partial charge in [0.05, 0.1) is 22.9 Å². The van der Waals surface area contributed by atoms with Crippen LogP contribution >= 0.6 is 23.2 Å². The summed E-state index contributed by atoms with van der Waals surface area (Å²) in [7, 11) is 0. The third-order valence-electron chi connectivity index (χ3n) is 4.36. The highest BCUT2D eigenvalue weighted by Gasteiger charge is 2.16. The molecule has 1 aliphatic rings. The smallest absolute Gasteiger partial charge is 0.272 e. The maximum absolute atomic E-state index is 12.1. The summed E-state index contributed by atoms with van der Waals surface area (Å²) in [5, 5.41) is 7.41. The average Bonchev–Trinajstić information content (AvgIpc) is 3.25. The molecule has 7 nitrogen and oxygen atoms in total. The van der Waals surface area contributed by atoms with Crippen LogP contribution < -0.4 is 15.5 Å². The number of ether oxygens (including phenoxy) is 2. The van der Waals surface area contributed by atoms with Gasteiger partial charge in [-0.1, -0.05) is 23.2 Å². The van der Waals surface area contributed by atoms with Crippen molar-refractivity contribution in [2.24, 2.45) is 5.10 Å². The Labute approximate surface area is 184 Å². The molecule has 9 heteroatoms. The Bertz CT molecular complexity index is 913. The number of hydrazone groups is 1. The third-order valence-corrected chi connectivity index (χ3v) is 4.90. The van der Waals surface area contributed by atoms with Crippen molar-refractivity contribution in [2.45, 2.75) is 18.9 Å². The summed E-state index contributed by atoms with van der Waals surface area (Å²) < 4.78 is 10.9. The van der Waals surface area contributed by atoms with Gasteiger partial charge in [-0.15, -0.1) is 0 Å². The summed E-state index contributed by atoms with van der Waals surface area (Å²) in [4.78, 5) is 23.9. The van der Waals surface area contributed by atoms with Gasteiger partial charge in [0.2, 0.25) is 0 Å². The molecule has 1 saturated heterocycles. The molecule has 2 amide bonds. The molecule has 1 fully saturated rings. The number of amides is 2. The Balaban J connectivity index is 1.42. The number of benzene rings is 2. The van der Waals surface area contributed by atoms with Crippen LogP contribution in [-0.2, 0) is 9.53 Å². The van der Waals surface area contributed by atoms with Crippen molar-refractivity contribution in [1.82, 2.24) is 10.7 Å². The van der Waals surface area contributed by atoms with Crippen molar-refractivity contribution in [3.05, 3.63) is 63.6 Å². The van der Waals surface area contributed by atoms with Crippen molar-refractivity contribution in [3.63, 3.8) is 0 Å². The number of halogens is 2. The van der Waals surface area contributed by atoms with Crippen LogP contribution in [0.3, 0.4) is 0 Å². The fraction of sp³-hybridized carbons (Fsp3) is 0.286. The SMILES string of the molecule is O=C(COc1ccc(/C=N/NC(=O)c2ccc(Cl)cc2Cl)cc1)NC[C@H]1CCCO1. The van der Waals surface area contributed by atoms with E-state index in [0.717, 1.165) is 25.0 Å². The molecule has 1 heterocycles. The zero-order chi connectivity index (χ0) is 21.3. The van der Waals surface area contributed by atoms with Gasteiger partial charge in [-0.2, -0.15) is 5.10 Å². The molecule has 3 rings (SSSR count). The van der Waals surface area contributed by atoms with Crippen molar-refractivity contribution in [2.75, 3.05) is 19.8 Å². The number of carbonyl (C=O) groups excluding carboxylic acids is 2. The first-order valence-electron chi connectivity index (χ1n) is 9.41. The molecule has 1 aliphatic heterocycles. The molecule has 1 atom stereocenters. The molecule has 30 heavy (non-hydrogen) atoms. The van der Waals surface area contributed by atoms with E-state index < -0.39 is 5.91 Å². The zero-order valence-corrected chi connectivity index (χ0v) is 17.6. The van der Waals surface area contributed by atoms with Crippen LogP contribution in [0.1, 0.15) is 28.8 Å². The van der Waals surface area contributed by atoms with Crippen LogP contribution in [0, 0.1) is 0 Å². The van der Waals surface area contributed by atoms with Crippen molar-refractivity contribution >= 4 is 41.2 Å². The fourth-order valence-corrected chi connectivity index (χ4v) is 3.28. The second-order valence-corrected chi connectivity index (χ2v) is 7.46. The van der Waals surface area contributed by atoms with Crippen LogP contribution in [0.2, 0.25) is 10.0 Å². The normalized spacial score (nSPS) is 15.9. The largest absolute Gasteiger partial charge is 0.484 e. The summed E-state index contributed by atoms with van der Waals surface area (Å²) >= 11 is 11.8. The molecular weight excluding hydrogens is 429 g/mol. The van der Waals surface area contributed by atoms with E-state index >= 15 is 0 Å². The number of rotatable bonds is 8. The Kier molecular flexibility index (Phi) is 8.07. The summed E-state index contributed by atoms with van der Waals surface area (Å²) in [6.45, 7) is 1.19. The van der Waals surface area contributed by atoms with Crippen molar-refractivity contribution in [3.8, 4) is 5.75 Å². The second-order valence-electron chi connectivity index (χ2n) is 6.62. The monoisotopic (exact) mass is 449 g/mol. The van der Waals surface area contributed by atoms with Crippen LogP contribution in [0.4, 0.5) is 0 Å². The molecule has 0 unspecified atom stereocenters. The third kappa shape index (κ3) is 6.73. The molecule has 0 aromatic heterocycles. The molecule has 158 valence electrons. The Hall–Kier alpha value is -2.61. The number of nitrogens with zero attached hydrogens (tertiary/aromatic N) is 1. The zero-order valence-electron chi connectivity index (χ0n) is 16.1. The minimum Gasteiger partial charge on any atom is -0.484 e. The minimum absolute atomic E-state index is 0.0714. The molecule has 0 aliphatic carbocycles. The van der Waals surface area contributed by atoms with Gasteiger partial charge in [0, 0.05) is 18.2 Å². The minimum atomic E-state index is -0.443.